The zero-order valence-electron chi connectivity index (χ0n) is 7.81. The van der Waals surface area contributed by atoms with Crippen LogP contribution in [0.5, 0.6) is 0 Å². The number of H-pyrrole nitrogens is 1. The Morgan fingerprint density at radius 2 is 2.20 bits per heavy atom. The van der Waals surface area contributed by atoms with Gasteiger partial charge in [0.25, 0.3) is 0 Å². The normalized spacial score (nSPS) is 10.7. The molecule has 0 amide bonds. The molecular formula is C10H7BrClFN2. The standard InChI is InChI=1S/C10H7BrClFN2/c1-5-4-14-10(15-5)9-7(11)2-6(12)3-8(9)13/h2-4H,1H3,(H,14,15). The fourth-order valence-corrected chi connectivity index (χ4v) is 2.27. The number of hydrogen-bond acceptors (Lipinski definition) is 1. The second-order valence-electron chi connectivity index (χ2n) is 3.16. The lowest BCUT2D eigenvalue weighted by Gasteiger charge is -2.03. The average molecular weight is 290 g/mol. The molecule has 0 bridgehead atoms. The van der Waals surface area contributed by atoms with Crippen molar-refractivity contribution in [2.75, 3.05) is 0 Å². The van der Waals surface area contributed by atoms with E-state index in [4.69, 9.17) is 11.6 Å². The molecule has 0 saturated heterocycles. The third kappa shape index (κ3) is 2.06. The summed E-state index contributed by atoms with van der Waals surface area (Å²) >= 11 is 8.97. The van der Waals surface area contributed by atoms with Crippen LogP contribution in [0.1, 0.15) is 5.69 Å². The van der Waals surface area contributed by atoms with E-state index in [0.717, 1.165) is 5.69 Å². The van der Waals surface area contributed by atoms with E-state index in [1.165, 1.54) is 6.07 Å². The summed E-state index contributed by atoms with van der Waals surface area (Å²) in [5, 5.41) is 0.353. The fraction of sp³-hybridized carbons (Fsp3) is 0.100. The number of nitrogens with zero attached hydrogens (tertiary/aromatic N) is 1. The molecule has 1 N–H and O–H groups in total. The van der Waals surface area contributed by atoms with E-state index in [1.807, 2.05) is 6.92 Å². The van der Waals surface area contributed by atoms with Crippen LogP contribution in [0.3, 0.4) is 0 Å². The van der Waals surface area contributed by atoms with Crippen molar-refractivity contribution in [3.8, 4) is 11.4 Å². The van der Waals surface area contributed by atoms with Gasteiger partial charge in [0.05, 0.1) is 5.56 Å². The highest BCUT2D eigenvalue weighted by molar-refractivity contribution is 9.10. The van der Waals surface area contributed by atoms with Gasteiger partial charge < -0.3 is 4.98 Å². The topological polar surface area (TPSA) is 28.7 Å². The van der Waals surface area contributed by atoms with Crippen molar-refractivity contribution in [1.82, 2.24) is 9.97 Å². The smallest absolute Gasteiger partial charge is 0.141 e. The average Bonchev–Trinajstić information content (AvgIpc) is 2.49. The molecule has 1 aromatic heterocycles. The maximum absolute atomic E-state index is 13.6. The summed E-state index contributed by atoms with van der Waals surface area (Å²) in [7, 11) is 0. The van der Waals surface area contributed by atoms with Gasteiger partial charge in [-0.2, -0.15) is 0 Å². The van der Waals surface area contributed by atoms with E-state index in [0.29, 0.717) is 20.9 Å². The highest BCUT2D eigenvalue weighted by Crippen LogP contribution is 2.31. The van der Waals surface area contributed by atoms with E-state index in [1.54, 1.807) is 12.3 Å². The van der Waals surface area contributed by atoms with Crippen molar-refractivity contribution in [1.29, 1.82) is 0 Å². The van der Waals surface area contributed by atoms with E-state index in [-0.39, 0.29) is 0 Å². The third-order valence-corrected chi connectivity index (χ3v) is 2.79. The zero-order chi connectivity index (χ0) is 11.0. The van der Waals surface area contributed by atoms with Gasteiger partial charge in [-0.15, -0.1) is 0 Å². The van der Waals surface area contributed by atoms with Crippen molar-refractivity contribution in [2.45, 2.75) is 6.92 Å². The van der Waals surface area contributed by atoms with Crippen molar-refractivity contribution < 1.29 is 4.39 Å². The lowest BCUT2D eigenvalue weighted by atomic mass is 10.2. The Hall–Kier alpha value is -0.870. The van der Waals surface area contributed by atoms with Crippen molar-refractivity contribution in [2.24, 2.45) is 0 Å². The first-order valence-corrected chi connectivity index (χ1v) is 5.41. The molecule has 0 aliphatic heterocycles. The first-order chi connectivity index (χ1) is 7.08. The Bertz CT molecular complexity index is 487. The molecule has 1 heterocycles. The van der Waals surface area contributed by atoms with Crippen molar-refractivity contribution >= 4 is 27.5 Å². The highest BCUT2D eigenvalue weighted by Gasteiger charge is 2.13. The molecule has 2 rings (SSSR count). The van der Waals surface area contributed by atoms with Crippen LogP contribution in [0.4, 0.5) is 4.39 Å². The maximum atomic E-state index is 13.6. The van der Waals surface area contributed by atoms with Gasteiger partial charge in [0.2, 0.25) is 0 Å². The van der Waals surface area contributed by atoms with Gasteiger partial charge in [0.1, 0.15) is 11.6 Å². The molecule has 2 nitrogen and oxygen atoms in total. The van der Waals surface area contributed by atoms with E-state index in [9.17, 15) is 4.39 Å². The van der Waals surface area contributed by atoms with E-state index < -0.39 is 5.82 Å². The van der Waals surface area contributed by atoms with Crippen LogP contribution in [0.15, 0.2) is 22.8 Å². The molecule has 5 heteroatoms. The van der Waals surface area contributed by atoms with Gasteiger partial charge in [-0.05, 0) is 35.0 Å². The summed E-state index contributed by atoms with van der Waals surface area (Å²) in [4.78, 5) is 7.04. The summed E-state index contributed by atoms with van der Waals surface area (Å²) in [5.74, 6) is 0.0947. The van der Waals surface area contributed by atoms with Gasteiger partial charge in [0.15, 0.2) is 0 Å². The molecule has 0 spiro atoms. The molecule has 0 aliphatic carbocycles. The zero-order valence-corrected chi connectivity index (χ0v) is 10.2. The van der Waals surface area contributed by atoms with Crippen LogP contribution in [-0.4, -0.2) is 9.97 Å². The Balaban J connectivity index is 2.62. The molecular weight excluding hydrogens is 282 g/mol. The molecule has 2 aromatic rings. The molecule has 0 atom stereocenters. The third-order valence-electron chi connectivity index (χ3n) is 1.95. The number of aromatic amines is 1. The molecule has 78 valence electrons. The van der Waals surface area contributed by atoms with E-state index in [2.05, 4.69) is 25.9 Å². The minimum atomic E-state index is -0.399. The second kappa shape index (κ2) is 3.94. The Kier molecular flexibility index (Phi) is 2.80. The lowest BCUT2D eigenvalue weighted by Crippen LogP contribution is -1.88. The van der Waals surface area contributed by atoms with Gasteiger partial charge in [-0.3, -0.25) is 0 Å². The largest absolute Gasteiger partial charge is 0.342 e. The molecule has 1 aromatic carbocycles. The van der Waals surface area contributed by atoms with Crippen LogP contribution in [0, 0.1) is 12.7 Å². The second-order valence-corrected chi connectivity index (χ2v) is 4.45. The van der Waals surface area contributed by atoms with Crippen LogP contribution < -0.4 is 0 Å². The molecule has 15 heavy (non-hydrogen) atoms. The predicted octanol–water partition coefficient (Wildman–Crippen LogP) is 3.94. The lowest BCUT2D eigenvalue weighted by molar-refractivity contribution is 0.629. The first kappa shape index (κ1) is 10.6. The van der Waals surface area contributed by atoms with Crippen LogP contribution >= 0.6 is 27.5 Å². The number of benzene rings is 1. The maximum Gasteiger partial charge on any atom is 0.141 e. The van der Waals surface area contributed by atoms with Gasteiger partial charge in [0, 0.05) is 21.4 Å². The first-order valence-electron chi connectivity index (χ1n) is 4.24. The molecule has 0 radical (unpaired) electrons. The summed E-state index contributed by atoms with van der Waals surface area (Å²) < 4.78 is 14.2. The SMILES string of the molecule is Cc1cnc(-c2c(F)cc(Cl)cc2Br)[nH]1. The predicted molar refractivity (Wildman–Crippen MR) is 61.4 cm³/mol. The minimum Gasteiger partial charge on any atom is -0.342 e. The van der Waals surface area contributed by atoms with Gasteiger partial charge in [-0.25, -0.2) is 9.37 Å². The number of aryl methyl sites for hydroxylation is 1. The number of aromatic nitrogens is 2. The molecule has 0 fully saturated rings. The summed E-state index contributed by atoms with van der Waals surface area (Å²) in [6, 6.07) is 2.90. The van der Waals surface area contributed by atoms with Crippen LogP contribution in [-0.2, 0) is 0 Å². The van der Waals surface area contributed by atoms with Crippen molar-refractivity contribution in [3.05, 3.63) is 39.3 Å². The summed E-state index contributed by atoms with van der Waals surface area (Å²) in [5.41, 5.74) is 1.28. The van der Waals surface area contributed by atoms with Crippen molar-refractivity contribution in [3.63, 3.8) is 0 Å². The summed E-state index contributed by atoms with van der Waals surface area (Å²) in [6.07, 6.45) is 1.65. The number of rotatable bonds is 1. The Labute approximate surface area is 99.6 Å². The molecule has 0 unspecified atom stereocenters. The minimum absolute atomic E-state index is 0.353. The highest BCUT2D eigenvalue weighted by atomic mass is 79.9. The Morgan fingerprint density at radius 1 is 1.47 bits per heavy atom. The van der Waals surface area contributed by atoms with Gasteiger partial charge >= 0.3 is 0 Å². The quantitative estimate of drug-likeness (QED) is 0.846. The Morgan fingerprint density at radius 3 is 2.73 bits per heavy atom. The van der Waals surface area contributed by atoms with E-state index >= 15 is 0 Å². The molecule has 0 aliphatic rings. The monoisotopic (exact) mass is 288 g/mol. The van der Waals surface area contributed by atoms with Crippen LogP contribution in [0.2, 0.25) is 5.02 Å². The summed E-state index contributed by atoms with van der Waals surface area (Å²) in [6.45, 7) is 1.86. The number of halogens is 3. The fourth-order valence-electron chi connectivity index (χ4n) is 1.31. The number of nitrogens with one attached hydrogen (secondary N) is 1. The molecule has 0 saturated carbocycles. The van der Waals surface area contributed by atoms with Crippen LogP contribution in [0.25, 0.3) is 11.4 Å². The van der Waals surface area contributed by atoms with Gasteiger partial charge in [-0.1, -0.05) is 11.6 Å². The number of hydrogen-bond donors (Lipinski definition) is 1. The number of imidazole rings is 1.